The molecule has 0 spiro atoms. The highest BCUT2D eigenvalue weighted by Crippen LogP contribution is 2.29. The van der Waals surface area contributed by atoms with Gasteiger partial charge in [-0.3, -0.25) is 9.69 Å². The first-order chi connectivity index (χ1) is 9.99. The minimum atomic E-state index is -0.0402. The second-order valence-electron chi connectivity index (χ2n) is 6.50. The Hall–Kier alpha value is -0.380. The number of nitrogens with zero attached hydrogens (tertiary/aromatic N) is 1. The molecule has 1 aliphatic rings. The molecule has 1 unspecified atom stereocenters. The summed E-state index contributed by atoms with van der Waals surface area (Å²) in [4.78, 5) is 16.0. The van der Waals surface area contributed by atoms with Crippen molar-refractivity contribution in [3.63, 3.8) is 0 Å². The van der Waals surface area contributed by atoms with Gasteiger partial charge in [0, 0.05) is 6.04 Å². The highest BCUT2D eigenvalue weighted by atomic mass is 35.5. The van der Waals surface area contributed by atoms with Gasteiger partial charge < -0.3 is 0 Å². The Morgan fingerprint density at radius 2 is 2.00 bits per heavy atom. The molecular weight excluding hydrogens is 302 g/mol. The van der Waals surface area contributed by atoms with E-state index in [1.54, 1.807) is 0 Å². The molecule has 2 rings (SSSR count). The Kier molecular flexibility index (Phi) is 6.27. The molecule has 1 saturated carbocycles. The van der Waals surface area contributed by atoms with Gasteiger partial charge in [-0.25, -0.2) is 0 Å². The van der Waals surface area contributed by atoms with Crippen LogP contribution in [0.1, 0.15) is 62.5 Å². The number of halogens is 1. The Labute approximate surface area is 137 Å². The molecule has 1 aliphatic carbocycles. The average Bonchev–Trinajstić information content (AvgIpc) is 3.09. The average molecular weight is 328 g/mol. The molecule has 1 aromatic heterocycles. The van der Waals surface area contributed by atoms with Crippen LogP contribution >= 0.6 is 22.9 Å². The highest BCUT2D eigenvalue weighted by molar-refractivity contribution is 7.18. The molecule has 0 amide bonds. The molecule has 0 N–H and O–H groups in total. The van der Waals surface area contributed by atoms with Gasteiger partial charge in [0.1, 0.15) is 0 Å². The largest absolute Gasteiger partial charge is 0.291 e. The Morgan fingerprint density at radius 1 is 1.33 bits per heavy atom. The topological polar surface area (TPSA) is 20.3 Å². The van der Waals surface area contributed by atoms with E-state index in [2.05, 4.69) is 25.7 Å². The van der Waals surface area contributed by atoms with E-state index >= 15 is 0 Å². The van der Waals surface area contributed by atoms with Crippen molar-refractivity contribution in [1.82, 2.24) is 4.90 Å². The number of carbonyl (C=O) groups is 1. The molecule has 0 bridgehead atoms. The van der Waals surface area contributed by atoms with Crippen LogP contribution in [0.5, 0.6) is 0 Å². The Bertz CT molecular complexity index is 465. The van der Waals surface area contributed by atoms with E-state index in [1.807, 2.05) is 12.1 Å². The summed E-state index contributed by atoms with van der Waals surface area (Å²) >= 11 is 7.37. The van der Waals surface area contributed by atoms with Crippen LogP contribution in [0, 0.1) is 5.92 Å². The van der Waals surface area contributed by atoms with E-state index in [1.165, 1.54) is 37.0 Å². The number of hydrogen-bond acceptors (Lipinski definition) is 3. The lowest BCUT2D eigenvalue weighted by Crippen LogP contribution is -2.45. The molecular formula is C17H26ClNOS. The van der Waals surface area contributed by atoms with E-state index in [9.17, 15) is 4.79 Å². The zero-order valence-corrected chi connectivity index (χ0v) is 14.8. The van der Waals surface area contributed by atoms with Crippen molar-refractivity contribution in [3.05, 3.63) is 21.3 Å². The summed E-state index contributed by atoms with van der Waals surface area (Å²) in [6.07, 6.45) is 6.23. The van der Waals surface area contributed by atoms with E-state index in [4.69, 9.17) is 11.6 Å². The van der Waals surface area contributed by atoms with Gasteiger partial charge in [-0.2, -0.15) is 0 Å². The number of ketones is 1. The number of thiophene rings is 1. The van der Waals surface area contributed by atoms with Crippen LogP contribution in [-0.2, 0) is 0 Å². The molecule has 1 atom stereocenters. The number of hydrogen-bond donors (Lipinski definition) is 0. The van der Waals surface area contributed by atoms with Gasteiger partial charge in [0.05, 0.1) is 15.3 Å². The maximum Gasteiger partial charge on any atom is 0.189 e. The fourth-order valence-electron chi connectivity index (χ4n) is 3.14. The maximum atomic E-state index is 12.7. The summed E-state index contributed by atoms with van der Waals surface area (Å²) < 4.78 is 0.695. The van der Waals surface area contributed by atoms with Gasteiger partial charge in [0.25, 0.3) is 0 Å². The third kappa shape index (κ3) is 4.54. The highest BCUT2D eigenvalue weighted by Gasteiger charge is 2.30. The van der Waals surface area contributed by atoms with Crippen LogP contribution < -0.4 is 0 Å². The minimum Gasteiger partial charge on any atom is -0.291 e. The lowest BCUT2D eigenvalue weighted by Gasteiger charge is -2.34. The molecule has 0 radical (unpaired) electrons. The van der Waals surface area contributed by atoms with Crippen LogP contribution in [0.25, 0.3) is 0 Å². The van der Waals surface area contributed by atoms with Crippen LogP contribution in [0.4, 0.5) is 0 Å². The molecule has 2 nitrogen and oxygen atoms in total. The standard InChI is InChI=1S/C17H26ClNOS/c1-12(2)10-11-19(14-6-4-5-7-14)13(3)17(20)15-8-9-16(18)21-15/h8-9,12-14H,4-7,10-11H2,1-3H3. The third-order valence-electron chi connectivity index (χ3n) is 4.45. The van der Waals surface area contributed by atoms with Crippen LogP contribution in [0.3, 0.4) is 0 Å². The van der Waals surface area contributed by atoms with Crippen molar-refractivity contribution >= 4 is 28.7 Å². The lowest BCUT2D eigenvalue weighted by atomic mass is 10.0. The van der Waals surface area contributed by atoms with Gasteiger partial charge in [-0.05, 0) is 50.8 Å². The minimum absolute atomic E-state index is 0.0402. The maximum absolute atomic E-state index is 12.7. The fourth-order valence-corrected chi connectivity index (χ4v) is 4.20. The monoisotopic (exact) mass is 327 g/mol. The molecule has 0 aliphatic heterocycles. The summed E-state index contributed by atoms with van der Waals surface area (Å²) in [5.41, 5.74) is 0. The van der Waals surface area contributed by atoms with Gasteiger partial charge in [0.15, 0.2) is 5.78 Å². The first-order valence-corrected chi connectivity index (χ1v) is 9.23. The van der Waals surface area contributed by atoms with Crippen LogP contribution in [-0.4, -0.2) is 29.3 Å². The van der Waals surface area contributed by atoms with Crippen molar-refractivity contribution in [3.8, 4) is 0 Å². The number of Topliss-reactive ketones (excluding diaryl/α,β-unsaturated/α-hetero) is 1. The summed E-state index contributed by atoms with van der Waals surface area (Å²) in [6.45, 7) is 7.58. The number of rotatable bonds is 7. The first-order valence-electron chi connectivity index (χ1n) is 8.04. The third-order valence-corrected chi connectivity index (χ3v) is 5.70. The van der Waals surface area contributed by atoms with Crippen molar-refractivity contribution in [1.29, 1.82) is 0 Å². The lowest BCUT2D eigenvalue weighted by molar-refractivity contribution is 0.0753. The molecule has 1 aromatic rings. The van der Waals surface area contributed by atoms with Gasteiger partial charge in [0.2, 0.25) is 0 Å². The zero-order valence-electron chi connectivity index (χ0n) is 13.3. The molecule has 1 fully saturated rings. The Morgan fingerprint density at radius 3 is 2.52 bits per heavy atom. The molecule has 21 heavy (non-hydrogen) atoms. The van der Waals surface area contributed by atoms with Crippen LogP contribution in [0.2, 0.25) is 4.34 Å². The summed E-state index contributed by atoms with van der Waals surface area (Å²) in [5, 5.41) is 0. The normalized spacial score (nSPS) is 17.8. The van der Waals surface area contributed by atoms with Crippen molar-refractivity contribution in [2.24, 2.45) is 5.92 Å². The van der Waals surface area contributed by atoms with Gasteiger partial charge in [-0.1, -0.05) is 38.3 Å². The van der Waals surface area contributed by atoms with Crippen molar-refractivity contribution < 1.29 is 4.79 Å². The van der Waals surface area contributed by atoms with E-state index < -0.39 is 0 Å². The SMILES string of the molecule is CC(C)CCN(C1CCCC1)C(C)C(=O)c1ccc(Cl)s1. The van der Waals surface area contributed by atoms with Crippen molar-refractivity contribution in [2.75, 3.05) is 6.54 Å². The Balaban J connectivity index is 2.08. The summed E-state index contributed by atoms with van der Waals surface area (Å²) in [6, 6.07) is 4.22. The fraction of sp³-hybridized carbons (Fsp3) is 0.706. The number of carbonyl (C=O) groups excluding carboxylic acids is 1. The van der Waals surface area contributed by atoms with Crippen LogP contribution in [0.15, 0.2) is 12.1 Å². The van der Waals surface area contributed by atoms with Gasteiger partial charge in [-0.15, -0.1) is 11.3 Å². The molecule has 0 aromatic carbocycles. The van der Waals surface area contributed by atoms with E-state index in [0.29, 0.717) is 16.3 Å². The van der Waals surface area contributed by atoms with E-state index in [0.717, 1.165) is 17.8 Å². The second-order valence-corrected chi connectivity index (χ2v) is 8.22. The zero-order chi connectivity index (χ0) is 15.4. The van der Waals surface area contributed by atoms with Gasteiger partial charge >= 0.3 is 0 Å². The molecule has 4 heteroatoms. The summed E-state index contributed by atoms with van der Waals surface area (Å²) in [5.74, 6) is 0.898. The quantitative estimate of drug-likeness (QED) is 0.636. The molecule has 118 valence electrons. The first kappa shape index (κ1) is 17.0. The second kappa shape index (κ2) is 7.75. The van der Waals surface area contributed by atoms with Crippen molar-refractivity contribution in [2.45, 2.75) is 65.0 Å². The van der Waals surface area contributed by atoms with E-state index in [-0.39, 0.29) is 11.8 Å². The predicted molar refractivity (Wildman–Crippen MR) is 91.5 cm³/mol. The predicted octanol–water partition coefficient (Wildman–Crippen LogP) is 5.26. The summed E-state index contributed by atoms with van der Waals surface area (Å²) in [7, 11) is 0. The smallest absolute Gasteiger partial charge is 0.189 e. The molecule has 0 saturated heterocycles. The molecule has 1 heterocycles.